The Bertz CT molecular complexity index is 929. The van der Waals surface area contributed by atoms with E-state index in [4.69, 9.17) is 4.74 Å². The molecule has 144 valence electrons. The first kappa shape index (κ1) is 20.4. The Morgan fingerprint density at radius 1 is 1.11 bits per heavy atom. The maximum Gasteiger partial charge on any atom is 0.327 e. The van der Waals surface area contributed by atoms with Gasteiger partial charge in [-0.15, -0.1) is 0 Å². The molecule has 0 aliphatic rings. The summed E-state index contributed by atoms with van der Waals surface area (Å²) in [7, 11) is -3.73. The van der Waals surface area contributed by atoms with Crippen molar-refractivity contribution < 1.29 is 27.1 Å². The molecule has 0 radical (unpaired) electrons. The van der Waals surface area contributed by atoms with E-state index in [1.54, 1.807) is 31.2 Å². The predicted octanol–water partition coefficient (Wildman–Crippen LogP) is 2.08. The number of amides is 1. The molecule has 7 nitrogen and oxygen atoms in total. The third-order valence-corrected chi connectivity index (χ3v) is 4.68. The zero-order valence-corrected chi connectivity index (χ0v) is 15.6. The van der Waals surface area contributed by atoms with Gasteiger partial charge in [0.05, 0.1) is 11.9 Å². The van der Waals surface area contributed by atoms with Crippen LogP contribution in [-0.4, -0.2) is 39.7 Å². The molecule has 0 aromatic heterocycles. The van der Waals surface area contributed by atoms with E-state index in [9.17, 15) is 22.4 Å². The van der Waals surface area contributed by atoms with Gasteiger partial charge in [-0.2, -0.15) is 0 Å². The van der Waals surface area contributed by atoms with Gasteiger partial charge in [0.25, 0.3) is 5.91 Å². The number of halogens is 1. The standard InChI is InChI=1S/C18H19FN2O5S/c1-13-5-3-4-6-16(13)21(27(2,24)25)11-18(23)26-12-17(22)20-15-9-7-14(19)8-10-15/h3-10H,11-12H2,1-2H3,(H,20,22). The SMILES string of the molecule is Cc1ccccc1N(CC(=O)OCC(=O)Nc1ccc(F)cc1)S(C)(=O)=O. The van der Waals surface area contributed by atoms with Gasteiger partial charge in [0.15, 0.2) is 6.61 Å². The molecule has 9 heteroatoms. The molecule has 0 saturated carbocycles. The minimum atomic E-state index is -3.73. The summed E-state index contributed by atoms with van der Waals surface area (Å²) in [5.41, 5.74) is 1.37. The number of anilines is 2. The van der Waals surface area contributed by atoms with Crippen molar-refractivity contribution in [2.45, 2.75) is 6.92 Å². The minimum absolute atomic E-state index is 0.343. The number of rotatable bonds is 7. The Balaban J connectivity index is 1.97. The van der Waals surface area contributed by atoms with Crippen LogP contribution in [0.3, 0.4) is 0 Å². The Morgan fingerprint density at radius 2 is 1.74 bits per heavy atom. The second-order valence-electron chi connectivity index (χ2n) is 5.77. The molecule has 2 rings (SSSR count). The van der Waals surface area contributed by atoms with Crippen molar-refractivity contribution in [2.75, 3.05) is 29.0 Å². The normalized spacial score (nSPS) is 10.9. The number of esters is 1. The van der Waals surface area contributed by atoms with Gasteiger partial charge in [-0.1, -0.05) is 18.2 Å². The molecule has 27 heavy (non-hydrogen) atoms. The first-order valence-corrected chi connectivity index (χ1v) is 9.76. The number of carbonyl (C=O) groups excluding carboxylic acids is 2. The van der Waals surface area contributed by atoms with Gasteiger partial charge in [-0.25, -0.2) is 12.8 Å². The highest BCUT2D eigenvalue weighted by Crippen LogP contribution is 2.21. The number of aryl methyl sites for hydroxylation is 1. The average Bonchev–Trinajstić information content (AvgIpc) is 2.60. The van der Waals surface area contributed by atoms with E-state index in [-0.39, 0.29) is 0 Å². The predicted molar refractivity (Wildman–Crippen MR) is 99.4 cm³/mol. The van der Waals surface area contributed by atoms with Crippen LogP contribution in [0.2, 0.25) is 0 Å². The Labute approximate surface area is 156 Å². The zero-order chi connectivity index (χ0) is 20.0. The van der Waals surface area contributed by atoms with Crippen LogP contribution < -0.4 is 9.62 Å². The summed E-state index contributed by atoms with van der Waals surface area (Å²) >= 11 is 0. The number of hydrogen-bond donors (Lipinski definition) is 1. The van der Waals surface area contributed by atoms with Crippen molar-refractivity contribution in [1.29, 1.82) is 0 Å². The summed E-state index contributed by atoms with van der Waals surface area (Å²) in [5, 5.41) is 2.43. The van der Waals surface area contributed by atoms with Crippen molar-refractivity contribution in [3.8, 4) is 0 Å². The molecule has 0 fully saturated rings. The minimum Gasteiger partial charge on any atom is -0.454 e. The molecule has 0 heterocycles. The summed E-state index contributed by atoms with van der Waals surface area (Å²) < 4.78 is 42.7. The van der Waals surface area contributed by atoms with Crippen molar-refractivity contribution in [3.63, 3.8) is 0 Å². The molecule has 2 aromatic carbocycles. The number of hydrogen-bond acceptors (Lipinski definition) is 5. The molecule has 0 bridgehead atoms. The van der Waals surface area contributed by atoms with Crippen LogP contribution >= 0.6 is 0 Å². The molecule has 0 aliphatic carbocycles. The maximum absolute atomic E-state index is 12.8. The molecule has 0 aliphatic heterocycles. The number of sulfonamides is 1. The summed E-state index contributed by atoms with van der Waals surface area (Å²) in [6.07, 6.45) is 0.980. The van der Waals surface area contributed by atoms with Crippen LogP contribution in [0.4, 0.5) is 15.8 Å². The fraction of sp³-hybridized carbons (Fsp3) is 0.222. The lowest BCUT2D eigenvalue weighted by molar-refractivity contribution is -0.145. The number of para-hydroxylation sites is 1. The third-order valence-electron chi connectivity index (χ3n) is 3.55. The molecule has 2 aromatic rings. The summed E-state index contributed by atoms with van der Waals surface area (Å²) in [5.74, 6) is -1.95. The van der Waals surface area contributed by atoms with E-state index in [1.807, 2.05) is 0 Å². The first-order valence-electron chi connectivity index (χ1n) is 7.91. The second kappa shape index (κ2) is 8.63. The van der Waals surface area contributed by atoms with Gasteiger partial charge in [0, 0.05) is 5.69 Å². The molecule has 0 atom stereocenters. The molecular formula is C18H19FN2O5S. The van der Waals surface area contributed by atoms with Crippen molar-refractivity contribution >= 4 is 33.3 Å². The molecular weight excluding hydrogens is 375 g/mol. The van der Waals surface area contributed by atoms with Crippen LogP contribution in [0.5, 0.6) is 0 Å². The number of carbonyl (C=O) groups is 2. The Morgan fingerprint density at radius 3 is 2.33 bits per heavy atom. The lowest BCUT2D eigenvalue weighted by Crippen LogP contribution is -2.37. The lowest BCUT2D eigenvalue weighted by atomic mass is 10.2. The maximum atomic E-state index is 12.8. The smallest absolute Gasteiger partial charge is 0.327 e. The molecule has 0 unspecified atom stereocenters. The van der Waals surface area contributed by atoms with Gasteiger partial charge in [-0.3, -0.25) is 13.9 Å². The highest BCUT2D eigenvalue weighted by atomic mass is 32.2. The Hall–Kier alpha value is -2.94. The van der Waals surface area contributed by atoms with Crippen molar-refractivity contribution in [2.24, 2.45) is 0 Å². The average molecular weight is 394 g/mol. The van der Waals surface area contributed by atoms with E-state index < -0.39 is 40.9 Å². The van der Waals surface area contributed by atoms with Gasteiger partial charge in [0.2, 0.25) is 10.0 Å². The largest absolute Gasteiger partial charge is 0.454 e. The summed E-state index contributed by atoms with van der Waals surface area (Å²) in [6.45, 7) is 0.560. The first-order chi connectivity index (χ1) is 12.7. The van der Waals surface area contributed by atoms with E-state index in [0.29, 0.717) is 16.9 Å². The molecule has 1 N–H and O–H groups in total. The molecule has 0 spiro atoms. The highest BCUT2D eigenvalue weighted by molar-refractivity contribution is 7.92. The van der Waals surface area contributed by atoms with Crippen LogP contribution in [-0.2, 0) is 24.3 Å². The van der Waals surface area contributed by atoms with Crippen LogP contribution in [0.15, 0.2) is 48.5 Å². The van der Waals surface area contributed by atoms with E-state index in [2.05, 4.69) is 5.32 Å². The monoisotopic (exact) mass is 394 g/mol. The fourth-order valence-electron chi connectivity index (χ4n) is 2.26. The quantitative estimate of drug-likeness (QED) is 0.726. The fourth-order valence-corrected chi connectivity index (χ4v) is 3.17. The lowest BCUT2D eigenvalue weighted by Gasteiger charge is -2.23. The van der Waals surface area contributed by atoms with E-state index in [0.717, 1.165) is 10.6 Å². The number of ether oxygens (including phenoxy) is 1. The third kappa shape index (κ3) is 6.07. The van der Waals surface area contributed by atoms with Crippen LogP contribution in [0, 0.1) is 12.7 Å². The summed E-state index contributed by atoms with van der Waals surface area (Å²) in [6, 6.07) is 11.8. The number of nitrogens with one attached hydrogen (secondary N) is 1. The van der Waals surface area contributed by atoms with Crippen LogP contribution in [0.1, 0.15) is 5.56 Å². The van der Waals surface area contributed by atoms with Gasteiger partial charge in [-0.05, 0) is 42.8 Å². The second-order valence-corrected chi connectivity index (χ2v) is 7.68. The van der Waals surface area contributed by atoms with Gasteiger partial charge < -0.3 is 10.1 Å². The topological polar surface area (TPSA) is 92.8 Å². The van der Waals surface area contributed by atoms with Crippen molar-refractivity contribution in [3.05, 3.63) is 59.9 Å². The van der Waals surface area contributed by atoms with Gasteiger partial charge in [0.1, 0.15) is 12.4 Å². The van der Waals surface area contributed by atoms with E-state index in [1.165, 1.54) is 24.3 Å². The number of benzene rings is 2. The zero-order valence-electron chi connectivity index (χ0n) is 14.8. The van der Waals surface area contributed by atoms with Gasteiger partial charge >= 0.3 is 5.97 Å². The van der Waals surface area contributed by atoms with Crippen molar-refractivity contribution in [1.82, 2.24) is 0 Å². The molecule has 1 amide bonds. The Kier molecular flexibility index (Phi) is 6.51. The van der Waals surface area contributed by atoms with Crippen LogP contribution in [0.25, 0.3) is 0 Å². The molecule has 0 saturated heterocycles. The van der Waals surface area contributed by atoms with E-state index >= 15 is 0 Å². The number of nitrogens with zero attached hydrogens (tertiary/aromatic N) is 1. The highest BCUT2D eigenvalue weighted by Gasteiger charge is 2.23. The summed E-state index contributed by atoms with van der Waals surface area (Å²) in [4.78, 5) is 23.8.